The molecular weight excluding hydrogens is 338 g/mol. The summed E-state index contributed by atoms with van der Waals surface area (Å²) in [4.78, 5) is 2.37. The van der Waals surface area contributed by atoms with Gasteiger partial charge in [0.15, 0.2) is 11.5 Å². The van der Waals surface area contributed by atoms with E-state index >= 15 is 0 Å². The van der Waals surface area contributed by atoms with E-state index in [1.54, 1.807) is 11.3 Å². The molecule has 2 aliphatic rings. The SMILES string of the molecule is O[C@@H](COCc1ccc2c(c1)OCO2)CN1CCC[C@H]1c1ccsc1. The zero-order chi connectivity index (χ0) is 17.1. The molecule has 4 rings (SSSR count). The fraction of sp³-hybridized carbons (Fsp3) is 0.474. The fourth-order valence-electron chi connectivity index (χ4n) is 3.55. The first kappa shape index (κ1) is 16.8. The van der Waals surface area contributed by atoms with Crippen molar-refractivity contribution in [3.63, 3.8) is 0 Å². The van der Waals surface area contributed by atoms with Crippen molar-refractivity contribution in [2.45, 2.75) is 31.6 Å². The van der Waals surface area contributed by atoms with Crippen molar-refractivity contribution >= 4 is 11.3 Å². The van der Waals surface area contributed by atoms with Crippen molar-refractivity contribution in [2.75, 3.05) is 26.5 Å². The average molecular weight is 361 g/mol. The molecule has 0 unspecified atom stereocenters. The van der Waals surface area contributed by atoms with E-state index < -0.39 is 6.10 Å². The Bertz CT molecular complexity index is 691. The van der Waals surface area contributed by atoms with Gasteiger partial charge in [0.25, 0.3) is 0 Å². The normalized spacial score (nSPS) is 20.9. The number of hydrogen-bond acceptors (Lipinski definition) is 6. The van der Waals surface area contributed by atoms with Crippen LogP contribution in [-0.2, 0) is 11.3 Å². The van der Waals surface area contributed by atoms with Crippen LogP contribution in [0.1, 0.15) is 30.0 Å². The summed E-state index contributed by atoms with van der Waals surface area (Å²) < 4.78 is 16.4. The molecule has 25 heavy (non-hydrogen) atoms. The maximum absolute atomic E-state index is 10.3. The van der Waals surface area contributed by atoms with Gasteiger partial charge in [0.1, 0.15) is 0 Å². The number of benzene rings is 1. The highest BCUT2D eigenvalue weighted by molar-refractivity contribution is 7.07. The van der Waals surface area contributed by atoms with Gasteiger partial charge < -0.3 is 19.3 Å². The number of fused-ring (bicyclic) bond motifs is 1. The monoisotopic (exact) mass is 361 g/mol. The van der Waals surface area contributed by atoms with Gasteiger partial charge in [0.2, 0.25) is 6.79 Å². The summed E-state index contributed by atoms with van der Waals surface area (Å²) >= 11 is 1.73. The summed E-state index contributed by atoms with van der Waals surface area (Å²) in [6.07, 6.45) is 1.88. The summed E-state index contributed by atoms with van der Waals surface area (Å²) in [6, 6.07) is 8.42. The number of rotatable bonds is 7. The Kier molecular flexibility index (Phi) is 5.22. The molecule has 0 bridgehead atoms. The number of aliphatic hydroxyl groups is 1. The van der Waals surface area contributed by atoms with Crippen LogP contribution in [0, 0.1) is 0 Å². The van der Waals surface area contributed by atoms with Crippen LogP contribution in [0.15, 0.2) is 35.0 Å². The Hall–Kier alpha value is -1.60. The van der Waals surface area contributed by atoms with Gasteiger partial charge in [0, 0.05) is 12.6 Å². The first-order valence-corrected chi connectivity index (χ1v) is 9.64. The summed E-state index contributed by atoms with van der Waals surface area (Å²) in [5.74, 6) is 1.54. The summed E-state index contributed by atoms with van der Waals surface area (Å²) in [7, 11) is 0. The number of thiophene rings is 1. The van der Waals surface area contributed by atoms with Crippen LogP contribution in [0.3, 0.4) is 0 Å². The lowest BCUT2D eigenvalue weighted by Gasteiger charge is -2.26. The lowest BCUT2D eigenvalue weighted by atomic mass is 10.1. The molecule has 2 aromatic rings. The summed E-state index contributed by atoms with van der Waals surface area (Å²) in [5.41, 5.74) is 2.39. The van der Waals surface area contributed by atoms with Crippen LogP contribution in [0.25, 0.3) is 0 Å². The predicted octanol–water partition coefficient (Wildman–Crippen LogP) is 3.19. The van der Waals surface area contributed by atoms with Crippen molar-refractivity contribution < 1.29 is 19.3 Å². The molecule has 2 atom stereocenters. The molecule has 134 valence electrons. The van der Waals surface area contributed by atoms with Gasteiger partial charge in [-0.25, -0.2) is 0 Å². The van der Waals surface area contributed by atoms with E-state index in [1.807, 2.05) is 18.2 Å². The predicted molar refractivity (Wildman–Crippen MR) is 96.1 cm³/mol. The van der Waals surface area contributed by atoms with Crippen molar-refractivity contribution in [2.24, 2.45) is 0 Å². The van der Waals surface area contributed by atoms with Crippen LogP contribution >= 0.6 is 11.3 Å². The molecule has 1 saturated heterocycles. The molecule has 5 nitrogen and oxygen atoms in total. The molecule has 1 aromatic carbocycles. The lowest BCUT2D eigenvalue weighted by molar-refractivity contribution is 0.00771. The van der Waals surface area contributed by atoms with Gasteiger partial charge in [-0.3, -0.25) is 4.90 Å². The maximum atomic E-state index is 10.3. The fourth-order valence-corrected chi connectivity index (χ4v) is 4.26. The molecule has 0 aliphatic carbocycles. The molecule has 3 heterocycles. The van der Waals surface area contributed by atoms with E-state index in [-0.39, 0.29) is 6.79 Å². The van der Waals surface area contributed by atoms with Gasteiger partial charge in [-0.2, -0.15) is 11.3 Å². The second kappa shape index (κ2) is 7.74. The third kappa shape index (κ3) is 3.98. The van der Waals surface area contributed by atoms with Crippen molar-refractivity contribution in [1.82, 2.24) is 4.90 Å². The molecule has 6 heteroatoms. The Labute approximate surface area is 151 Å². The Morgan fingerprint density at radius 3 is 3.08 bits per heavy atom. The van der Waals surface area contributed by atoms with Crippen molar-refractivity contribution in [1.29, 1.82) is 0 Å². The molecule has 2 aliphatic heterocycles. The number of hydrogen-bond donors (Lipinski definition) is 1. The molecule has 1 aromatic heterocycles. The Morgan fingerprint density at radius 1 is 1.28 bits per heavy atom. The molecule has 0 amide bonds. The molecular formula is C19H23NO4S. The third-order valence-corrected chi connectivity index (χ3v) is 5.45. The Balaban J connectivity index is 1.24. The van der Waals surface area contributed by atoms with Crippen LogP contribution in [0.2, 0.25) is 0 Å². The van der Waals surface area contributed by atoms with E-state index in [2.05, 4.69) is 21.7 Å². The standard InChI is InChI=1S/C19H23NO4S/c21-16(9-20-6-1-2-17(20)15-5-7-25-12-15)11-22-10-14-3-4-18-19(8-14)24-13-23-18/h3-5,7-8,12,16-17,21H,1-2,6,9-11,13H2/t16-,17+/m1/s1. The molecule has 1 N–H and O–H groups in total. The van der Waals surface area contributed by atoms with Crippen LogP contribution in [0.5, 0.6) is 11.5 Å². The molecule has 1 fully saturated rings. The number of β-amino-alcohol motifs (C(OH)–C–C–N with tert-alkyl or cyclic N) is 1. The highest BCUT2D eigenvalue weighted by Gasteiger charge is 2.27. The van der Waals surface area contributed by atoms with E-state index in [1.165, 1.54) is 18.4 Å². The molecule has 0 saturated carbocycles. The molecule has 0 radical (unpaired) electrons. The zero-order valence-corrected chi connectivity index (χ0v) is 14.9. The number of likely N-dealkylation sites (tertiary alicyclic amines) is 1. The number of aliphatic hydroxyl groups excluding tert-OH is 1. The minimum absolute atomic E-state index is 0.277. The highest BCUT2D eigenvalue weighted by atomic mass is 32.1. The van der Waals surface area contributed by atoms with Gasteiger partial charge >= 0.3 is 0 Å². The van der Waals surface area contributed by atoms with Crippen LogP contribution < -0.4 is 9.47 Å². The maximum Gasteiger partial charge on any atom is 0.231 e. The van der Waals surface area contributed by atoms with Gasteiger partial charge in [-0.1, -0.05) is 6.07 Å². The molecule has 0 spiro atoms. The van der Waals surface area contributed by atoms with E-state index in [4.69, 9.17) is 14.2 Å². The van der Waals surface area contributed by atoms with E-state index in [9.17, 15) is 5.11 Å². The minimum atomic E-state index is -0.478. The number of ether oxygens (including phenoxy) is 3. The topological polar surface area (TPSA) is 51.2 Å². The Morgan fingerprint density at radius 2 is 2.20 bits per heavy atom. The lowest BCUT2D eigenvalue weighted by Crippen LogP contribution is -2.34. The summed E-state index contributed by atoms with van der Waals surface area (Å²) in [5, 5.41) is 14.7. The average Bonchev–Trinajstić information content (AvgIpc) is 3.35. The number of nitrogens with zero attached hydrogens (tertiary/aromatic N) is 1. The zero-order valence-electron chi connectivity index (χ0n) is 14.1. The summed E-state index contributed by atoms with van der Waals surface area (Å²) in [6.45, 7) is 2.77. The van der Waals surface area contributed by atoms with Gasteiger partial charge in [-0.05, 0) is 59.5 Å². The largest absolute Gasteiger partial charge is 0.454 e. The van der Waals surface area contributed by atoms with Crippen molar-refractivity contribution in [3.05, 3.63) is 46.2 Å². The van der Waals surface area contributed by atoms with Gasteiger partial charge in [-0.15, -0.1) is 0 Å². The van der Waals surface area contributed by atoms with E-state index in [0.29, 0.717) is 25.8 Å². The highest BCUT2D eigenvalue weighted by Crippen LogP contribution is 2.33. The van der Waals surface area contributed by atoms with E-state index in [0.717, 1.165) is 23.6 Å². The smallest absolute Gasteiger partial charge is 0.231 e. The first-order chi connectivity index (χ1) is 12.3. The second-order valence-electron chi connectivity index (χ2n) is 6.57. The van der Waals surface area contributed by atoms with Crippen LogP contribution in [0.4, 0.5) is 0 Å². The first-order valence-electron chi connectivity index (χ1n) is 8.70. The van der Waals surface area contributed by atoms with Crippen LogP contribution in [-0.4, -0.2) is 42.6 Å². The second-order valence-corrected chi connectivity index (χ2v) is 7.35. The third-order valence-electron chi connectivity index (χ3n) is 4.75. The quantitative estimate of drug-likeness (QED) is 0.821. The minimum Gasteiger partial charge on any atom is -0.454 e. The van der Waals surface area contributed by atoms with Crippen molar-refractivity contribution in [3.8, 4) is 11.5 Å². The van der Waals surface area contributed by atoms with Gasteiger partial charge in [0.05, 0.1) is 19.3 Å².